The van der Waals surface area contributed by atoms with Gasteiger partial charge in [-0.15, -0.1) is 5.10 Å². The maximum absolute atomic E-state index is 12.4. The summed E-state index contributed by atoms with van der Waals surface area (Å²) in [4.78, 5) is 16.5. The summed E-state index contributed by atoms with van der Waals surface area (Å²) < 4.78 is 6.82. The minimum absolute atomic E-state index is 0.140. The van der Waals surface area contributed by atoms with E-state index in [0.29, 0.717) is 12.4 Å². The minimum Gasteiger partial charge on any atom is -0.377 e. The number of aromatic amines is 1. The Balaban J connectivity index is 2.08. The van der Waals surface area contributed by atoms with E-state index in [2.05, 4.69) is 20.5 Å². The highest BCUT2D eigenvalue weighted by molar-refractivity contribution is 5.92. The molecule has 2 N–H and O–H groups in total. The molecule has 0 aliphatic heterocycles. The van der Waals surface area contributed by atoms with Crippen molar-refractivity contribution in [3.05, 3.63) is 30.4 Å². The molecule has 0 aliphatic rings. The second-order valence-corrected chi connectivity index (χ2v) is 4.85. The second-order valence-electron chi connectivity index (χ2n) is 4.85. The number of rotatable bonds is 6. The fraction of sp³-hybridized carbons (Fsp3) is 0.462. The number of ether oxygens (including phenoxy) is 1. The monoisotopic (exact) mass is 277 g/mol. The van der Waals surface area contributed by atoms with Gasteiger partial charge >= 0.3 is 0 Å². The van der Waals surface area contributed by atoms with E-state index in [0.717, 1.165) is 0 Å². The summed E-state index contributed by atoms with van der Waals surface area (Å²) in [5, 5.41) is 9.37. The van der Waals surface area contributed by atoms with Crippen LogP contribution in [0.15, 0.2) is 24.5 Å². The summed E-state index contributed by atoms with van der Waals surface area (Å²) in [5.41, 5.74) is 0. The molecular weight excluding hydrogens is 258 g/mol. The van der Waals surface area contributed by atoms with Gasteiger partial charge in [-0.05, 0) is 18.1 Å². The lowest BCUT2D eigenvalue weighted by Crippen LogP contribution is -2.29. The molecule has 1 amide bonds. The molecule has 7 heteroatoms. The predicted molar refractivity (Wildman–Crippen MR) is 74.0 cm³/mol. The van der Waals surface area contributed by atoms with Crippen molar-refractivity contribution in [2.45, 2.75) is 26.5 Å². The average Bonchev–Trinajstić information content (AvgIpc) is 3.02. The summed E-state index contributed by atoms with van der Waals surface area (Å²) in [7, 11) is 1.57. The third-order valence-corrected chi connectivity index (χ3v) is 2.90. The largest absolute Gasteiger partial charge is 0.377 e. The number of anilines is 1. The van der Waals surface area contributed by atoms with E-state index in [1.165, 1.54) is 0 Å². The van der Waals surface area contributed by atoms with Crippen molar-refractivity contribution in [2.24, 2.45) is 5.92 Å². The molecule has 2 aromatic heterocycles. The average molecular weight is 277 g/mol. The lowest BCUT2D eigenvalue weighted by atomic mass is 10.0. The van der Waals surface area contributed by atoms with E-state index in [-0.39, 0.29) is 23.8 Å². The van der Waals surface area contributed by atoms with Crippen LogP contribution in [0.25, 0.3) is 0 Å². The molecular formula is C13H19N5O2. The standard InChI is InChI=1S/C13H19N5O2/c1-9(2)11(18-6-4-5-7-18)12(19)15-13-14-10(8-20-3)16-17-13/h4-7,9,11H,8H2,1-3H3,(H2,14,15,16,17,19). The number of carbonyl (C=O) groups excluding carboxylic acids is 1. The highest BCUT2D eigenvalue weighted by atomic mass is 16.5. The number of hydrogen-bond donors (Lipinski definition) is 2. The number of methoxy groups -OCH3 is 1. The zero-order valence-electron chi connectivity index (χ0n) is 11.8. The lowest BCUT2D eigenvalue weighted by molar-refractivity contribution is -0.120. The molecule has 7 nitrogen and oxygen atoms in total. The highest BCUT2D eigenvalue weighted by Crippen LogP contribution is 2.19. The Kier molecular flexibility index (Phi) is 4.52. The molecule has 0 spiro atoms. The van der Waals surface area contributed by atoms with Gasteiger partial charge in [-0.3, -0.25) is 15.2 Å². The smallest absolute Gasteiger partial charge is 0.250 e. The normalized spacial score (nSPS) is 12.6. The molecule has 0 saturated carbocycles. The molecule has 0 saturated heterocycles. The Labute approximate surface area is 117 Å². The maximum Gasteiger partial charge on any atom is 0.250 e. The summed E-state index contributed by atoms with van der Waals surface area (Å²) in [5.74, 6) is 0.851. The molecule has 1 atom stereocenters. The highest BCUT2D eigenvalue weighted by Gasteiger charge is 2.24. The van der Waals surface area contributed by atoms with E-state index in [4.69, 9.17) is 4.74 Å². The first-order valence-electron chi connectivity index (χ1n) is 6.45. The van der Waals surface area contributed by atoms with Crippen molar-refractivity contribution in [3.63, 3.8) is 0 Å². The van der Waals surface area contributed by atoms with Crippen molar-refractivity contribution >= 4 is 11.9 Å². The molecule has 20 heavy (non-hydrogen) atoms. The van der Waals surface area contributed by atoms with Gasteiger partial charge in [-0.2, -0.15) is 4.98 Å². The molecule has 2 heterocycles. The number of H-pyrrole nitrogens is 1. The van der Waals surface area contributed by atoms with E-state index in [1.54, 1.807) is 7.11 Å². The van der Waals surface area contributed by atoms with Gasteiger partial charge in [0.2, 0.25) is 11.9 Å². The first-order valence-corrected chi connectivity index (χ1v) is 6.45. The van der Waals surface area contributed by atoms with Gasteiger partial charge in [0, 0.05) is 19.5 Å². The van der Waals surface area contributed by atoms with E-state index >= 15 is 0 Å². The fourth-order valence-electron chi connectivity index (χ4n) is 2.05. The first-order chi connectivity index (χ1) is 9.61. The first kappa shape index (κ1) is 14.3. The number of carbonyl (C=O) groups is 1. The van der Waals surface area contributed by atoms with E-state index < -0.39 is 0 Å². The third kappa shape index (κ3) is 3.24. The molecule has 108 valence electrons. The lowest BCUT2D eigenvalue weighted by Gasteiger charge is -2.21. The predicted octanol–water partition coefficient (Wildman–Crippen LogP) is 1.59. The molecule has 0 radical (unpaired) electrons. The van der Waals surface area contributed by atoms with Gasteiger partial charge in [0.1, 0.15) is 12.6 Å². The summed E-state index contributed by atoms with van der Waals surface area (Å²) in [6.07, 6.45) is 3.75. The van der Waals surface area contributed by atoms with Crippen molar-refractivity contribution in [1.82, 2.24) is 19.7 Å². The maximum atomic E-state index is 12.4. The van der Waals surface area contributed by atoms with Crippen LogP contribution in [0.3, 0.4) is 0 Å². The van der Waals surface area contributed by atoms with Crippen molar-refractivity contribution in [2.75, 3.05) is 12.4 Å². The number of nitrogens with one attached hydrogen (secondary N) is 2. The van der Waals surface area contributed by atoms with Gasteiger partial charge in [-0.1, -0.05) is 13.8 Å². The Hall–Kier alpha value is -2.15. The molecule has 2 aromatic rings. The SMILES string of the molecule is COCc1nc(NC(=O)C(C(C)C)n2cccc2)n[nH]1. The van der Waals surface area contributed by atoms with Crippen LogP contribution < -0.4 is 5.32 Å². The van der Waals surface area contributed by atoms with E-state index in [9.17, 15) is 4.79 Å². The molecule has 2 rings (SSSR count). The quantitative estimate of drug-likeness (QED) is 0.839. The van der Waals surface area contributed by atoms with Crippen LogP contribution in [0, 0.1) is 5.92 Å². The van der Waals surface area contributed by atoms with Gasteiger partial charge in [0.25, 0.3) is 0 Å². The second kappa shape index (κ2) is 6.33. The van der Waals surface area contributed by atoms with Gasteiger partial charge in [0.05, 0.1) is 0 Å². The van der Waals surface area contributed by atoms with Crippen LogP contribution >= 0.6 is 0 Å². The zero-order valence-corrected chi connectivity index (χ0v) is 11.8. The third-order valence-electron chi connectivity index (χ3n) is 2.90. The van der Waals surface area contributed by atoms with Crippen LogP contribution in [0.1, 0.15) is 25.7 Å². The summed E-state index contributed by atoms with van der Waals surface area (Å²) >= 11 is 0. The molecule has 1 unspecified atom stereocenters. The Bertz CT molecular complexity index is 547. The number of aromatic nitrogens is 4. The number of amides is 1. The van der Waals surface area contributed by atoms with Crippen LogP contribution in [0.2, 0.25) is 0 Å². The zero-order chi connectivity index (χ0) is 14.5. The summed E-state index contributed by atoms with van der Waals surface area (Å²) in [6.45, 7) is 4.32. The Morgan fingerprint density at radius 2 is 2.15 bits per heavy atom. The molecule has 0 aromatic carbocycles. The molecule has 0 fully saturated rings. The van der Waals surface area contributed by atoms with E-state index in [1.807, 2.05) is 42.9 Å². The fourth-order valence-corrected chi connectivity index (χ4v) is 2.05. The van der Waals surface area contributed by atoms with Crippen LogP contribution in [0.5, 0.6) is 0 Å². The minimum atomic E-state index is -0.297. The van der Waals surface area contributed by atoms with Crippen molar-refractivity contribution < 1.29 is 9.53 Å². The van der Waals surface area contributed by atoms with Crippen molar-refractivity contribution in [1.29, 1.82) is 0 Å². The van der Waals surface area contributed by atoms with Gasteiger partial charge < -0.3 is 9.30 Å². The van der Waals surface area contributed by atoms with Gasteiger partial charge in [0.15, 0.2) is 5.82 Å². The van der Waals surface area contributed by atoms with Crippen LogP contribution in [-0.2, 0) is 16.1 Å². The van der Waals surface area contributed by atoms with Crippen LogP contribution in [-0.4, -0.2) is 32.8 Å². The molecule has 0 aliphatic carbocycles. The number of nitrogens with zero attached hydrogens (tertiary/aromatic N) is 3. The Morgan fingerprint density at radius 3 is 2.75 bits per heavy atom. The van der Waals surface area contributed by atoms with Gasteiger partial charge in [-0.25, -0.2) is 0 Å². The summed E-state index contributed by atoms with van der Waals surface area (Å²) in [6, 6.07) is 3.49. The topological polar surface area (TPSA) is 84.8 Å². The van der Waals surface area contributed by atoms with Crippen molar-refractivity contribution in [3.8, 4) is 0 Å². The Morgan fingerprint density at radius 1 is 1.45 bits per heavy atom. The van der Waals surface area contributed by atoms with Crippen LogP contribution in [0.4, 0.5) is 5.95 Å². The molecule has 0 bridgehead atoms. The number of hydrogen-bond acceptors (Lipinski definition) is 4.